The Balaban J connectivity index is 1.43. The van der Waals surface area contributed by atoms with Crippen LogP contribution in [0.25, 0.3) is 11.5 Å². The first-order chi connectivity index (χ1) is 12.2. The molecule has 1 amide bonds. The number of aromatic nitrogens is 2. The van der Waals surface area contributed by atoms with Gasteiger partial charge in [-0.05, 0) is 24.3 Å². The zero-order valence-electron chi connectivity index (χ0n) is 13.9. The Morgan fingerprint density at radius 3 is 2.44 bits per heavy atom. The predicted molar refractivity (Wildman–Crippen MR) is 86.1 cm³/mol. The molecule has 2 aliphatic rings. The predicted octanol–water partition coefficient (Wildman–Crippen LogP) is 1.72. The van der Waals surface area contributed by atoms with Gasteiger partial charge < -0.3 is 23.5 Å². The first kappa shape index (κ1) is 16.0. The van der Waals surface area contributed by atoms with Crippen LogP contribution >= 0.6 is 0 Å². The molecule has 2 fully saturated rings. The Morgan fingerprint density at radius 2 is 1.80 bits per heavy atom. The summed E-state index contributed by atoms with van der Waals surface area (Å²) in [5.74, 6) is 0.259. The average Bonchev–Trinajstić information content (AvgIpc) is 3.32. The van der Waals surface area contributed by atoms with E-state index in [1.54, 1.807) is 36.3 Å². The van der Waals surface area contributed by atoms with E-state index in [9.17, 15) is 4.79 Å². The van der Waals surface area contributed by atoms with Crippen LogP contribution in [-0.2, 0) is 9.47 Å². The lowest BCUT2D eigenvalue weighted by molar-refractivity contribution is -0.181. The Labute approximate surface area is 144 Å². The number of ether oxygens (including phenoxy) is 3. The van der Waals surface area contributed by atoms with E-state index in [0.29, 0.717) is 45.0 Å². The molecular formula is C17H19N3O5. The summed E-state index contributed by atoms with van der Waals surface area (Å²) < 4.78 is 22.0. The van der Waals surface area contributed by atoms with Gasteiger partial charge in [0.15, 0.2) is 5.79 Å². The van der Waals surface area contributed by atoms with E-state index in [-0.39, 0.29) is 11.8 Å². The van der Waals surface area contributed by atoms with Crippen molar-refractivity contribution >= 4 is 5.91 Å². The summed E-state index contributed by atoms with van der Waals surface area (Å²) in [6.07, 6.45) is 1.30. The molecule has 25 heavy (non-hydrogen) atoms. The van der Waals surface area contributed by atoms with Crippen LogP contribution in [0.3, 0.4) is 0 Å². The third-order valence-electron chi connectivity index (χ3n) is 4.57. The fourth-order valence-corrected chi connectivity index (χ4v) is 3.13. The molecule has 0 radical (unpaired) electrons. The maximum atomic E-state index is 12.6. The van der Waals surface area contributed by atoms with Crippen molar-refractivity contribution in [2.24, 2.45) is 0 Å². The van der Waals surface area contributed by atoms with Crippen molar-refractivity contribution < 1.29 is 23.4 Å². The van der Waals surface area contributed by atoms with E-state index in [2.05, 4.69) is 10.2 Å². The number of rotatable bonds is 3. The number of carbonyl (C=O) groups excluding carboxylic acids is 1. The van der Waals surface area contributed by atoms with E-state index >= 15 is 0 Å². The molecule has 1 aromatic heterocycles. The van der Waals surface area contributed by atoms with Crippen LogP contribution in [0.2, 0.25) is 0 Å². The topological polar surface area (TPSA) is 86.9 Å². The largest absolute Gasteiger partial charge is 0.497 e. The SMILES string of the molecule is COc1ccc(-c2nnc(C(=O)N3CCC4(CC3)OCCO4)o2)cc1. The summed E-state index contributed by atoms with van der Waals surface area (Å²) in [5.41, 5.74) is 0.734. The number of piperidine rings is 1. The molecule has 2 aromatic rings. The maximum Gasteiger partial charge on any atom is 0.311 e. The Morgan fingerprint density at radius 1 is 1.12 bits per heavy atom. The summed E-state index contributed by atoms with van der Waals surface area (Å²) >= 11 is 0. The number of likely N-dealkylation sites (tertiary alicyclic amines) is 1. The van der Waals surface area contributed by atoms with E-state index in [1.165, 1.54) is 0 Å². The number of hydrogen-bond donors (Lipinski definition) is 0. The average molecular weight is 345 g/mol. The van der Waals surface area contributed by atoms with Crippen LogP contribution in [0.1, 0.15) is 23.5 Å². The highest BCUT2D eigenvalue weighted by Gasteiger charge is 2.41. The van der Waals surface area contributed by atoms with Gasteiger partial charge in [-0.2, -0.15) is 0 Å². The standard InChI is InChI=1S/C17H19N3O5/c1-22-13-4-2-12(3-5-13)14-18-19-15(25-14)16(21)20-8-6-17(7-9-20)23-10-11-24-17/h2-5H,6-11H2,1H3. The van der Waals surface area contributed by atoms with Crippen molar-refractivity contribution in [3.8, 4) is 17.2 Å². The smallest absolute Gasteiger partial charge is 0.311 e. The molecule has 0 bridgehead atoms. The summed E-state index contributed by atoms with van der Waals surface area (Å²) in [6, 6.07) is 7.21. The number of carbonyl (C=O) groups is 1. The molecule has 4 rings (SSSR count). The van der Waals surface area contributed by atoms with Crippen LogP contribution in [0, 0.1) is 0 Å². The minimum absolute atomic E-state index is 0.00460. The van der Waals surface area contributed by atoms with Crippen molar-refractivity contribution in [1.29, 1.82) is 0 Å². The summed E-state index contributed by atoms with van der Waals surface area (Å²) in [5, 5.41) is 7.87. The van der Waals surface area contributed by atoms with Crippen molar-refractivity contribution in [2.45, 2.75) is 18.6 Å². The molecule has 0 N–H and O–H groups in total. The third-order valence-corrected chi connectivity index (χ3v) is 4.57. The molecule has 0 atom stereocenters. The van der Waals surface area contributed by atoms with Crippen molar-refractivity contribution in [2.75, 3.05) is 33.4 Å². The van der Waals surface area contributed by atoms with Gasteiger partial charge in [0.05, 0.1) is 20.3 Å². The molecule has 8 nitrogen and oxygen atoms in total. The molecule has 0 saturated carbocycles. The van der Waals surface area contributed by atoms with Crippen LogP contribution in [0.15, 0.2) is 28.7 Å². The van der Waals surface area contributed by atoms with Crippen molar-refractivity contribution in [1.82, 2.24) is 15.1 Å². The summed E-state index contributed by atoms with van der Waals surface area (Å²) in [4.78, 5) is 14.3. The van der Waals surface area contributed by atoms with E-state index in [0.717, 1.165) is 11.3 Å². The third kappa shape index (κ3) is 3.10. The van der Waals surface area contributed by atoms with Gasteiger partial charge in [-0.25, -0.2) is 0 Å². The Kier molecular flexibility index (Phi) is 4.14. The van der Waals surface area contributed by atoms with Gasteiger partial charge in [-0.15, -0.1) is 10.2 Å². The summed E-state index contributed by atoms with van der Waals surface area (Å²) in [6.45, 7) is 2.31. The molecule has 2 saturated heterocycles. The van der Waals surface area contributed by atoms with E-state index in [1.807, 2.05) is 0 Å². The molecule has 1 spiro atoms. The van der Waals surface area contributed by atoms with Gasteiger partial charge in [0.25, 0.3) is 0 Å². The van der Waals surface area contributed by atoms with E-state index in [4.69, 9.17) is 18.6 Å². The first-order valence-electron chi connectivity index (χ1n) is 8.24. The van der Waals surface area contributed by atoms with Crippen LogP contribution < -0.4 is 4.74 Å². The second-order valence-electron chi connectivity index (χ2n) is 6.04. The Hall–Kier alpha value is -2.45. The zero-order chi connectivity index (χ0) is 17.3. The molecule has 0 aliphatic carbocycles. The van der Waals surface area contributed by atoms with Crippen LogP contribution in [0.4, 0.5) is 0 Å². The van der Waals surface area contributed by atoms with Gasteiger partial charge in [0.2, 0.25) is 5.89 Å². The fourth-order valence-electron chi connectivity index (χ4n) is 3.13. The lowest BCUT2D eigenvalue weighted by Gasteiger charge is -2.36. The number of hydrogen-bond acceptors (Lipinski definition) is 7. The Bertz CT molecular complexity index is 742. The minimum Gasteiger partial charge on any atom is -0.497 e. The highest BCUT2D eigenvalue weighted by molar-refractivity contribution is 5.89. The fraction of sp³-hybridized carbons (Fsp3) is 0.471. The van der Waals surface area contributed by atoms with Gasteiger partial charge in [0, 0.05) is 31.5 Å². The number of benzene rings is 1. The number of amides is 1. The molecule has 3 heterocycles. The monoisotopic (exact) mass is 345 g/mol. The summed E-state index contributed by atoms with van der Waals surface area (Å²) in [7, 11) is 1.60. The van der Waals surface area contributed by atoms with Crippen LogP contribution in [-0.4, -0.2) is 60.2 Å². The highest BCUT2D eigenvalue weighted by atomic mass is 16.7. The molecular weight excluding hydrogens is 326 g/mol. The maximum absolute atomic E-state index is 12.6. The molecule has 2 aliphatic heterocycles. The quantitative estimate of drug-likeness (QED) is 0.837. The molecule has 0 unspecified atom stereocenters. The second kappa shape index (κ2) is 6.45. The molecule has 8 heteroatoms. The van der Waals surface area contributed by atoms with Gasteiger partial charge >= 0.3 is 11.8 Å². The number of methoxy groups -OCH3 is 1. The second-order valence-corrected chi connectivity index (χ2v) is 6.04. The lowest BCUT2D eigenvalue weighted by atomic mass is 10.0. The normalized spacial score (nSPS) is 19.3. The molecule has 1 aromatic carbocycles. The van der Waals surface area contributed by atoms with Gasteiger partial charge in [0.1, 0.15) is 5.75 Å². The lowest BCUT2D eigenvalue weighted by Crippen LogP contribution is -2.47. The van der Waals surface area contributed by atoms with Gasteiger partial charge in [-0.1, -0.05) is 0 Å². The van der Waals surface area contributed by atoms with Crippen molar-refractivity contribution in [3.05, 3.63) is 30.2 Å². The van der Waals surface area contributed by atoms with Crippen LogP contribution in [0.5, 0.6) is 5.75 Å². The van der Waals surface area contributed by atoms with E-state index < -0.39 is 5.79 Å². The molecule has 132 valence electrons. The highest BCUT2D eigenvalue weighted by Crippen LogP contribution is 2.31. The number of nitrogens with zero attached hydrogens (tertiary/aromatic N) is 3. The first-order valence-corrected chi connectivity index (χ1v) is 8.24. The van der Waals surface area contributed by atoms with Crippen molar-refractivity contribution in [3.63, 3.8) is 0 Å². The minimum atomic E-state index is -0.514. The van der Waals surface area contributed by atoms with Gasteiger partial charge in [-0.3, -0.25) is 4.79 Å². The zero-order valence-corrected chi connectivity index (χ0v) is 13.9.